The number of anilines is 2. The van der Waals surface area contributed by atoms with Gasteiger partial charge >= 0.3 is 6.18 Å². The lowest BCUT2D eigenvalue weighted by molar-refractivity contribution is -0.137. The molecule has 14 heteroatoms. The standard InChI is InChI=1S/C21H20ClF3N6O3S/c22-14-2-1-12(7-13(14)21(23,24)25)30-20(33)16-9-26-18(35-16)10-27-19(32)15-8-17(29-11-28-15)31-3-5-34-6-4-31/h1-2,7-9,11,19,27,32H,3-6,10H2,(H,30,33). The Morgan fingerprint density at radius 3 is 2.74 bits per heavy atom. The molecule has 1 unspecified atom stereocenters. The first kappa shape index (κ1) is 25.3. The molecule has 1 atom stereocenters. The Kier molecular flexibility index (Phi) is 7.82. The first-order valence-electron chi connectivity index (χ1n) is 10.4. The number of halogens is 4. The van der Waals surface area contributed by atoms with E-state index >= 15 is 0 Å². The Morgan fingerprint density at radius 2 is 2.00 bits per heavy atom. The van der Waals surface area contributed by atoms with Crippen LogP contribution in [0.2, 0.25) is 5.02 Å². The molecule has 35 heavy (non-hydrogen) atoms. The van der Waals surface area contributed by atoms with E-state index in [0.29, 0.717) is 42.8 Å². The Balaban J connectivity index is 1.35. The average Bonchev–Trinajstić information content (AvgIpc) is 3.33. The van der Waals surface area contributed by atoms with Crippen LogP contribution in [0.4, 0.5) is 24.7 Å². The normalized spacial score (nSPS) is 15.2. The van der Waals surface area contributed by atoms with Gasteiger partial charge in [-0.05, 0) is 18.2 Å². The van der Waals surface area contributed by atoms with Gasteiger partial charge in [0.1, 0.15) is 28.3 Å². The van der Waals surface area contributed by atoms with Crippen molar-refractivity contribution in [2.24, 2.45) is 0 Å². The number of ether oxygens (including phenoxy) is 1. The second-order valence-electron chi connectivity index (χ2n) is 7.45. The molecule has 1 fully saturated rings. The van der Waals surface area contributed by atoms with Crippen molar-refractivity contribution in [1.82, 2.24) is 20.3 Å². The number of alkyl halides is 3. The fourth-order valence-corrected chi connectivity index (χ4v) is 4.26. The molecule has 1 aliphatic heterocycles. The van der Waals surface area contributed by atoms with Crippen molar-refractivity contribution in [2.75, 3.05) is 36.5 Å². The largest absolute Gasteiger partial charge is 0.417 e. The number of aliphatic hydroxyl groups is 1. The molecule has 3 heterocycles. The van der Waals surface area contributed by atoms with E-state index in [1.807, 2.05) is 4.90 Å². The maximum atomic E-state index is 13.0. The highest BCUT2D eigenvalue weighted by atomic mass is 35.5. The number of aliphatic hydroxyl groups excluding tert-OH is 1. The van der Waals surface area contributed by atoms with Crippen molar-refractivity contribution in [2.45, 2.75) is 18.9 Å². The molecule has 9 nitrogen and oxygen atoms in total. The van der Waals surface area contributed by atoms with Gasteiger partial charge in [0, 0.05) is 24.8 Å². The summed E-state index contributed by atoms with van der Waals surface area (Å²) < 4.78 is 44.4. The molecule has 0 spiro atoms. The van der Waals surface area contributed by atoms with Crippen molar-refractivity contribution >= 4 is 40.4 Å². The average molecular weight is 529 g/mol. The van der Waals surface area contributed by atoms with Gasteiger partial charge in [0.25, 0.3) is 5.91 Å². The van der Waals surface area contributed by atoms with Gasteiger partial charge in [-0.1, -0.05) is 11.6 Å². The first-order chi connectivity index (χ1) is 16.7. The van der Waals surface area contributed by atoms with E-state index in [1.54, 1.807) is 6.07 Å². The van der Waals surface area contributed by atoms with Crippen LogP contribution in [-0.2, 0) is 17.5 Å². The highest BCUT2D eigenvalue weighted by Crippen LogP contribution is 2.36. The van der Waals surface area contributed by atoms with Gasteiger partial charge in [-0.3, -0.25) is 10.1 Å². The summed E-state index contributed by atoms with van der Waals surface area (Å²) in [7, 11) is 0. The van der Waals surface area contributed by atoms with E-state index < -0.39 is 28.9 Å². The molecular weight excluding hydrogens is 509 g/mol. The van der Waals surface area contributed by atoms with Crippen molar-refractivity contribution in [3.63, 3.8) is 0 Å². The number of hydrogen-bond donors (Lipinski definition) is 3. The lowest BCUT2D eigenvalue weighted by Crippen LogP contribution is -2.37. The smallest absolute Gasteiger partial charge is 0.378 e. The lowest BCUT2D eigenvalue weighted by atomic mass is 10.2. The van der Waals surface area contributed by atoms with Crippen LogP contribution in [0.15, 0.2) is 36.8 Å². The number of carbonyl (C=O) groups excluding carboxylic acids is 1. The predicted octanol–water partition coefficient (Wildman–Crippen LogP) is 3.47. The number of hydrogen-bond acceptors (Lipinski definition) is 9. The SMILES string of the molecule is O=C(Nc1ccc(Cl)c(C(F)(F)F)c1)c1cnc(CNC(O)c2cc(N3CCOCC3)ncn2)s1. The summed E-state index contributed by atoms with van der Waals surface area (Å²) in [5, 5.41) is 15.8. The van der Waals surface area contributed by atoms with Gasteiger partial charge in [0.2, 0.25) is 0 Å². The van der Waals surface area contributed by atoms with E-state index in [2.05, 4.69) is 25.6 Å². The minimum atomic E-state index is -4.64. The van der Waals surface area contributed by atoms with Gasteiger partial charge in [-0.25, -0.2) is 15.0 Å². The van der Waals surface area contributed by atoms with Crippen LogP contribution in [0.3, 0.4) is 0 Å². The fraction of sp³-hybridized carbons (Fsp3) is 0.333. The zero-order valence-corrected chi connectivity index (χ0v) is 19.6. The second kappa shape index (κ2) is 10.8. The summed E-state index contributed by atoms with van der Waals surface area (Å²) in [5.41, 5.74) is -0.712. The number of benzene rings is 1. The number of aromatic nitrogens is 3. The number of carbonyl (C=O) groups is 1. The maximum absolute atomic E-state index is 13.0. The number of morpholine rings is 1. The molecule has 3 N–H and O–H groups in total. The molecule has 4 rings (SSSR count). The number of nitrogens with one attached hydrogen (secondary N) is 2. The van der Waals surface area contributed by atoms with Gasteiger partial charge in [0.15, 0.2) is 0 Å². The third-order valence-corrected chi connectivity index (χ3v) is 6.37. The predicted molar refractivity (Wildman–Crippen MR) is 123 cm³/mol. The van der Waals surface area contributed by atoms with Crippen molar-refractivity contribution in [3.8, 4) is 0 Å². The molecule has 3 aromatic rings. The van der Waals surface area contributed by atoms with Crippen LogP contribution in [0.25, 0.3) is 0 Å². The summed E-state index contributed by atoms with van der Waals surface area (Å²) in [6, 6.07) is 4.81. The molecule has 0 bridgehead atoms. The lowest BCUT2D eigenvalue weighted by Gasteiger charge is -2.28. The molecular formula is C21H20ClF3N6O3S. The third kappa shape index (κ3) is 6.44. The molecule has 1 aliphatic rings. The van der Waals surface area contributed by atoms with Crippen LogP contribution in [0, 0.1) is 0 Å². The third-order valence-electron chi connectivity index (χ3n) is 5.04. The van der Waals surface area contributed by atoms with E-state index in [-0.39, 0.29) is 17.1 Å². The Labute approximate surface area is 206 Å². The van der Waals surface area contributed by atoms with E-state index in [1.165, 1.54) is 18.6 Å². The molecule has 1 saturated heterocycles. The highest BCUT2D eigenvalue weighted by molar-refractivity contribution is 7.13. The number of thiazole rings is 1. The summed E-state index contributed by atoms with van der Waals surface area (Å²) in [6.45, 7) is 2.72. The van der Waals surface area contributed by atoms with Gasteiger partial charge in [-0.15, -0.1) is 11.3 Å². The van der Waals surface area contributed by atoms with Gasteiger partial charge in [-0.2, -0.15) is 13.2 Å². The van der Waals surface area contributed by atoms with Crippen molar-refractivity contribution in [1.29, 1.82) is 0 Å². The van der Waals surface area contributed by atoms with Crippen LogP contribution in [0.1, 0.15) is 32.2 Å². The Hall–Kier alpha value is -2.84. The molecule has 1 aromatic carbocycles. The number of nitrogens with zero attached hydrogens (tertiary/aromatic N) is 4. The van der Waals surface area contributed by atoms with Crippen molar-refractivity contribution in [3.05, 3.63) is 63.0 Å². The van der Waals surface area contributed by atoms with Crippen LogP contribution in [-0.4, -0.2) is 52.3 Å². The Bertz CT molecular complexity index is 1190. The van der Waals surface area contributed by atoms with Crippen molar-refractivity contribution < 1.29 is 27.8 Å². The molecule has 1 amide bonds. The second-order valence-corrected chi connectivity index (χ2v) is 8.97. The zero-order valence-electron chi connectivity index (χ0n) is 18.0. The molecule has 2 aromatic heterocycles. The topological polar surface area (TPSA) is 112 Å². The minimum absolute atomic E-state index is 0.0462. The molecule has 0 saturated carbocycles. The number of rotatable bonds is 7. The highest BCUT2D eigenvalue weighted by Gasteiger charge is 2.33. The molecule has 0 aliphatic carbocycles. The summed E-state index contributed by atoms with van der Waals surface area (Å²) in [4.78, 5) is 27.2. The van der Waals surface area contributed by atoms with E-state index in [0.717, 1.165) is 23.5 Å². The van der Waals surface area contributed by atoms with Gasteiger partial charge < -0.3 is 20.1 Å². The van der Waals surface area contributed by atoms with Crippen LogP contribution >= 0.6 is 22.9 Å². The zero-order chi connectivity index (χ0) is 25.0. The van der Waals surface area contributed by atoms with Crippen LogP contribution in [0.5, 0.6) is 0 Å². The first-order valence-corrected chi connectivity index (χ1v) is 11.6. The summed E-state index contributed by atoms with van der Waals surface area (Å²) in [6.07, 6.45) is -3.06. The molecule has 0 radical (unpaired) electrons. The molecule has 186 valence electrons. The fourth-order valence-electron chi connectivity index (χ4n) is 3.27. The van der Waals surface area contributed by atoms with E-state index in [4.69, 9.17) is 16.3 Å². The number of amides is 1. The van der Waals surface area contributed by atoms with E-state index in [9.17, 15) is 23.1 Å². The van der Waals surface area contributed by atoms with Gasteiger partial charge in [0.05, 0.1) is 42.2 Å². The van der Waals surface area contributed by atoms with Crippen LogP contribution < -0.4 is 15.5 Å². The Morgan fingerprint density at radius 1 is 1.23 bits per heavy atom. The quantitative estimate of drug-likeness (QED) is 0.400. The summed E-state index contributed by atoms with van der Waals surface area (Å²) >= 11 is 6.64. The minimum Gasteiger partial charge on any atom is -0.378 e. The maximum Gasteiger partial charge on any atom is 0.417 e. The summed E-state index contributed by atoms with van der Waals surface area (Å²) in [5.74, 6) is 0.0685. The monoisotopic (exact) mass is 528 g/mol.